The molecule has 0 aromatic heterocycles. The largest absolute Gasteiger partial charge is 0.417 e. The van der Waals surface area contributed by atoms with Crippen LogP contribution in [0.1, 0.15) is 27.2 Å². The number of aliphatic hydroxyl groups excluding tert-OH is 1. The average Bonchev–Trinajstić information content (AvgIpc) is 2.02. The van der Waals surface area contributed by atoms with Gasteiger partial charge in [0, 0.05) is 6.61 Å². The van der Waals surface area contributed by atoms with Gasteiger partial charge in [-0.05, 0) is 24.6 Å². The highest BCUT2D eigenvalue weighted by Crippen LogP contribution is 2.36. The maximum absolute atomic E-state index is 8.54. The van der Waals surface area contributed by atoms with Crippen molar-refractivity contribution in [1.82, 2.24) is 0 Å². The molecule has 0 unspecified atom stereocenters. The van der Waals surface area contributed by atoms with Gasteiger partial charge in [0.2, 0.25) is 0 Å². The van der Waals surface area contributed by atoms with Crippen molar-refractivity contribution in [3.05, 3.63) is 12.2 Å². The van der Waals surface area contributed by atoms with Gasteiger partial charge in [-0.2, -0.15) is 0 Å². The van der Waals surface area contributed by atoms with Gasteiger partial charge in [-0.15, -0.1) is 0 Å². The minimum absolute atomic E-state index is 0.125. The molecule has 0 saturated heterocycles. The number of aliphatic hydroxyl groups is 1. The molecule has 0 atom stereocenters. The molecule has 0 aliphatic rings. The zero-order chi connectivity index (χ0) is 11.2. The molecule has 0 aliphatic carbocycles. The first-order valence-electron chi connectivity index (χ1n) is 5.21. The summed E-state index contributed by atoms with van der Waals surface area (Å²) in [7, 11) is -1.56. The van der Waals surface area contributed by atoms with E-state index < -0.39 is 8.32 Å². The summed E-state index contributed by atoms with van der Waals surface area (Å²) in [5.41, 5.74) is 0. The Balaban J connectivity index is 3.83. The molecule has 0 aliphatic heterocycles. The van der Waals surface area contributed by atoms with Gasteiger partial charge in [0.1, 0.15) is 0 Å². The van der Waals surface area contributed by atoms with E-state index in [0.29, 0.717) is 0 Å². The highest BCUT2D eigenvalue weighted by atomic mass is 28.4. The quantitative estimate of drug-likeness (QED) is 0.435. The van der Waals surface area contributed by atoms with Crippen molar-refractivity contribution in [3.8, 4) is 0 Å². The van der Waals surface area contributed by atoms with Crippen LogP contribution in [0.4, 0.5) is 0 Å². The fourth-order valence-electron chi connectivity index (χ4n) is 0.791. The van der Waals surface area contributed by atoms with E-state index >= 15 is 0 Å². The maximum atomic E-state index is 8.54. The average molecular weight is 216 g/mol. The van der Waals surface area contributed by atoms with E-state index in [2.05, 4.69) is 33.9 Å². The second-order valence-corrected chi connectivity index (χ2v) is 9.86. The lowest BCUT2D eigenvalue weighted by molar-refractivity contribution is 0.293. The topological polar surface area (TPSA) is 29.5 Å². The Morgan fingerprint density at radius 2 is 1.79 bits per heavy atom. The van der Waals surface area contributed by atoms with Crippen molar-refractivity contribution in [2.75, 3.05) is 13.2 Å². The van der Waals surface area contributed by atoms with Crippen LogP contribution >= 0.6 is 0 Å². The normalized spacial score (nSPS) is 13.9. The van der Waals surface area contributed by atoms with Gasteiger partial charge < -0.3 is 9.53 Å². The lowest BCUT2D eigenvalue weighted by Crippen LogP contribution is -2.40. The molecule has 0 radical (unpaired) electrons. The highest BCUT2D eigenvalue weighted by molar-refractivity contribution is 6.74. The van der Waals surface area contributed by atoms with E-state index in [9.17, 15) is 0 Å². The van der Waals surface area contributed by atoms with Crippen molar-refractivity contribution < 1.29 is 9.53 Å². The first-order valence-corrected chi connectivity index (χ1v) is 8.12. The van der Waals surface area contributed by atoms with Gasteiger partial charge in [0.15, 0.2) is 8.32 Å². The van der Waals surface area contributed by atoms with Crippen LogP contribution in [0.3, 0.4) is 0 Å². The summed E-state index contributed by atoms with van der Waals surface area (Å²) in [6.07, 6.45) is 4.62. The number of hydrogen-bond acceptors (Lipinski definition) is 2. The Bertz CT molecular complexity index is 180. The molecule has 0 aromatic rings. The summed E-state index contributed by atoms with van der Waals surface area (Å²) < 4.78 is 5.95. The Hall–Kier alpha value is -0.123. The molecule has 14 heavy (non-hydrogen) atoms. The van der Waals surface area contributed by atoms with Gasteiger partial charge in [0.05, 0.1) is 6.61 Å². The van der Waals surface area contributed by atoms with Crippen molar-refractivity contribution in [3.63, 3.8) is 0 Å². The van der Waals surface area contributed by atoms with E-state index in [-0.39, 0.29) is 11.6 Å². The van der Waals surface area contributed by atoms with Gasteiger partial charge in [-0.25, -0.2) is 0 Å². The van der Waals surface area contributed by atoms with Crippen LogP contribution in [0.5, 0.6) is 0 Å². The maximum Gasteiger partial charge on any atom is 0.191 e. The molecule has 0 amide bonds. The molecule has 0 spiro atoms. The first-order chi connectivity index (χ1) is 6.31. The van der Waals surface area contributed by atoms with Gasteiger partial charge in [-0.1, -0.05) is 32.9 Å². The Labute approximate surface area is 89.1 Å². The highest BCUT2D eigenvalue weighted by Gasteiger charge is 2.36. The Morgan fingerprint density at radius 3 is 2.21 bits per heavy atom. The van der Waals surface area contributed by atoms with E-state index in [4.69, 9.17) is 9.53 Å². The molecule has 0 bridgehead atoms. The molecule has 0 rings (SSSR count). The molecule has 84 valence electrons. The third-order valence-corrected chi connectivity index (χ3v) is 7.36. The minimum atomic E-state index is -1.56. The van der Waals surface area contributed by atoms with Crippen molar-refractivity contribution >= 4 is 8.32 Å². The van der Waals surface area contributed by atoms with Crippen LogP contribution in [0.2, 0.25) is 18.1 Å². The number of rotatable bonds is 5. The van der Waals surface area contributed by atoms with Gasteiger partial charge >= 0.3 is 0 Å². The van der Waals surface area contributed by atoms with Crippen molar-refractivity contribution in [2.45, 2.75) is 45.3 Å². The Kier molecular flexibility index (Phi) is 5.63. The van der Waals surface area contributed by atoms with Crippen LogP contribution in [-0.2, 0) is 4.43 Å². The lowest BCUT2D eigenvalue weighted by Gasteiger charge is -2.36. The van der Waals surface area contributed by atoms with Crippen molar-refractivity contribution in [2.24, 2.45) is 0 Å². The van der Waals surface area contributed by atoms with Crippen LogP contribution in [0.15, 0.2) is 12.2 Å². The third kappa shape index (κ3) is 4.93. The summed E-state index contributed by atoms with van der Waals surface area (Å²) in [6, 6.07) is 0. The van der Waals surface area contributed by atoms with Crippen molar-refractivity contribution in [1.29, 1.82) is 0 Å². The van der Waals surface area contributed by atoms with E-state index in [1.54, 1.807) is 6.08 Å². The third-order valence-electron chi connectivity index (χ3n) is 2.83. The van der Waals surface area contributed by atoms with E-state index in [0.717, 1.165) is 13.0 Å². The summed E-state index contributed by atoms with van der Waals surface area (Å²) in [5, 5.41) is 8.82. The molecule has 3 heteroatoms. The zero-order valence-electron chi connectivity index (χ0n) is 10.1. The standard InChI is InChI=1S/C11H24O2Si/c1-11(2,3)14(4,5)13-10-8-6-7-9-12/h6-7,12H,8-10H2,1-5H3/b7-6+. The molecule has 0 aromatic carbocycles. The van der Waals surface area contributed by atoms with Crippen LogP contribution in [0.25, 0.3) is 0 Å². The van der Waals surface area contributed by atoms with Gasteiger partial charge in [-0.3, -0.25) is 0 Å². The van der Waals surface area contributed by atoms with Crippen LogP contribution in [0, 0.1) is 0 Å². The number of hydrogen-bond donors (Lipinski definition) is 1. The molecule has 1 N–H and O–H groups in total. The van der Waals surface area contributed by atoms with Crippen LogP contribution in [-0.4, -0.2) is 26.6 Å². The first kappa shape index (κ1) is 13.9. The van der Waals surface area contributed by atoms with E-state index in [1.807, 2.05) is 6.08 Å². The predicted molar refractivity (Wildman–Crippen MR) is 64.0 cm³/mol. The van der Waals surface area contributed by atoms with Gasteiger partial charge in [0.25, 0.3) is 0 Å². The second-order valence-electron chi connectivity index (χ2n) is 5.05. The fraction of sp³-hybridized carbons (Fsp3) is 0.818. The fourth-order valence-corrected chi connectivity index (χ4v) is 1.85. The zero-order valence-corrected chi connectivity index (χ0v) is 11.1. The molecular weight excluding hydrogens is 192 g/mol. The molecule has 0 heterocycles. The molecule has 2 nitrogen and oxygen atoms in total. The summed E-state index contributed by atoms with van der Waals surface area (Å²) >= 11 is 0. The van der Waals surface area contributed by atoms with E-state index in [1.165, 1.54) is 0 Å². The summed E-state index contributed by atoms with van der Waals surface area (Å²) in [6.45, 7) is 12.1. The smallest absolute Gasteiger partial charge is 0.191 e. The Morgan fingerprint density at radius 1 is 1.21 bits per heavy atom. The predicted octanol–water partition coefficient (Wildman–Crippen LogP) is 2.95. The summed E-state index contributed by atoms with van der Waals surface area (Å²) in [5.74, 6) is 0. The molecular formula is C11H24O2Si. The second kappa shape index (κ2) is 5.68. The minimum Gasteiger partial charge on any atom is -0.417 e. The SMILES string of the molecule is CC(C)(C)[Si](C)(C)OCC/C=C/CO. The monoisotopic (exact) mass is 216 g/mol. The lowest BCUT2D eigenvalue weighted by atomic mass is 10.2. The van der Waals surface area contributed by atoms with Crippen LogP contribution < -0.4 is 0 Å². The molecule has 0 saturated carbocycles. The molecule has 0 fully saturated rings. The summed E-state index contributed by atoms with van der Waals surface area (Å²) in [4.78, 5) is 0.